The average Bonchev–Trinajstić information content (AvgIpc) is 3.61. The molecule has 13 nitrogen and oxygen atoms in total. The van der Waals surface area contributed by atoms with Crippen LogP contribution in [0, 0.1) is 11.3 Å². The number of sulfone groups is 1. The summed E-state index contributed by atoms with van der Waals surface area (Å²) in [6, 6.07) is 6.87. The van der Waals surface area contributed by atoms with E-state index in [-0.39, 0.29) is 31.0 Å². The molecule has 5 rings (SSSR count). The van der Waals surface area contributed by atoms with E-state index in [0.717, 1.165) is 23.1 Å². The summed E-state index contributed by atoms with van der Waals surface area (Å²) in [6.07, 6.45) is -3.83. The molecule has 0 spiro atoms. The van der Waals surface area contributed by atoms with Crippen molar-refractivity contribution in [2.45, 2.75) is 79.0 Å². The number of rotatable bonds is 9. The Kier molecular flexibility index (Phi) is 10.1. The van der Waals surface area contributed by atoms with Gasteiger partial charge in [-0.1, -0.05) is 11.6 Å². The van der Waals surface area contributed by atoms with E-state index in [1.54, 1.807) is 32.9 Å². The summed E-state index contributed by atoms with van der Waals surface area (Å²) in [5.74, 6) is -1.74. The lowest BCUT2D eigenvalue weighted by molar-refractivity contribution is -0.211. The number of carbonyl (C=O) groups excluding carboxylic acids is 3. The highest BCUT2D eigenvalue weighted by atomic mass is 79.9. The molecule has 2 atom stereocenters. The van der Waals surface area contributed by atoms with Gasteiger partial charge in [-0.25, -0.2) is 13.2 Å². The first-order valence-electron chi connectivity index (χ1n) is 15.2. The maximum atomic E-state index is 14.6. The lowest BCUT2D eigenvalue weighted by Gasteiger charge is -2.48. The fourth-order valence-corrected chi connectivity index (χ4v) is 8.15. The summed E-state index contributed by atoms with van der Waals surface area (Å²) < 4.78 is 76.4. The van der Waals surface area contributed by atoms with Crippen molar-refractivity contribution in [2.24, 2.45) is 0 Å². The van der Waals surface area contributed by atoms with Crippen LogP contribution in [0.1, 0.15) is 45.7 Å². The Morgan fingerprint density at radius 3 is 2.38 bits per heavy atom. The molecule has 3 fully saturated rings. The van der Waals surface area contributed by atoms with E-state index < -0.39 is 84.9 Å². The van der Waals surface area contributed by atoms with Crippen molar-refractivity contribution in [3.05, 3.63) is 51.7 Å². The predicted octanol–water partition coefficient (Wildman–Crippen LogP) is 4.47. The third-order valence-electron chi connectivity index (χ3n) is 8.32. The van der Waals surface area contributed by atoms with E-state index in [1.807, 2.05) is 6.07 Å². The fraction of sp³-hybridized carbons (Fsp3) is 0.516. The van der Waals surface area contributed by atoms with E-state index in [4.69, 9.17) is 21.2 Å². The monoisotopic (exact) mass is 805 g/mol. The minimum Gasteiger partial charge on any atom is -0.484 e. The molecule has 1 aromatic heterocycles. The number of hydroxylamine groups is 2. The molecule has 19 heteroatoms. The number of alkyl halides is 3. The van der Waals surface area contributed by atoms with Crippen LogP contribution < -0.4 is 10.1 Å². The second kappa shape index (κ2) is 13.5. The topological polar surface area (TPSA) is 168 Å². The number of amides is 2. The molecule has 2 saturated heterocycles. The number of nitriles is 1. The van der Waals surface area contributed by atoms with Crippen LogP contribution >= 0.6 is 27.5 Å². The normalized spacial score (nSPS) is 21.4. The molecule has 0 unspecified atom stereocenters. The Morgan fingerprint density at radius 1 is 1.16 bits per heavy atom. The van der Waals surface area contributed by atoms with Crippen molar-refractivity contribution in [2.75, 3.05) is 26.2 Å². The second-order valence-electron chi connectivity index (χ2n) is 13.4. The molecule has 1 saturated carbocycles. The van der Waals surface area contributed by atoms with Crippen LogP contribution in [-0.4, -0.2) is 96.2 Å². The van der Waals surface area contributed by atoms with E-state index in [1.165, 1.54) is 11.3 Å². The number of likely N-dealkylation sites (tertiary alicyclic amines) is 1. The van der Waals surface area contributed by atoms with Crippen LogP contribution in [0.2, 0.25) is 5.02 Å². The summed E-state index contributed by atoms with van der Waals surface area (Å²) in [6.45, 7) is 2.42. The first-order valence-corrected chi connectivity index (χ1v) is 17.9. The molecule has 2 aromatic rings. The van der Waals surface area contributed by atoms with E-state index >= 15 is 0 Å². The van der Waals surface area contributed by atoms with Gasteiger partial charge in [0.05, 0.1) is 40.0 Å². The molecule has 3 heterocycles. The number of hydrogen-bond acceptors (Lipinski definition) is 11. The van der Waals surface area contributed by atoms with Gasteiger partial charge in [0, 0.05) is 23.3 Å². The number of ether oxygens (including phenoxy) is 2. The standard InChI is InChI=1S/C31H32BrClF3N5O8S/c1-28(2,3)48-27(44)49-40-15-30(16-40,24-7-4-18(32)12-38-24)26(43)41-13-20(11-22(41)25(42)39-29(14-37)8-9-29)50(45,46)23-6-5-19(10-21(23)33)47-17-31(34,35)36/h4-7,10,12,20,22H,8-9,11,13,15-17H2,1-3H3,(H,39,42)/t20-,22+/m1/s1. The third kappa shape index (κ3) is 8.11. The molecule has 1 N–H and O–H groups in total. The first-order chi connectivity index (χ1) is 23.2. The van der Waals surface area contributed by atoms with Gasteiger partial charge in [-0.2, -0.15) is 18.4 Å². The molecule has 3 aliphatic rings. The molecular formula is C31H32BrClF3N5O8S. The fourth-order valence-electron chi connectivity index (χ4n) is 5.69. The van der Waals surface area contributed by atoms with Crippen molar-refractivity contribution in [3.63, 3.8) is 0 Å². The lowest BCUT2D eigenvalue weighted by atomic mass is 9.76. The zero-order chi connectivity index (χ0) is 36.9. The number of halogens is 5. The lowest BCUT2D eigenvalue weighted by Crippen LogP contribution is -2.68. The molecule has 0 bridgehead atoms. The van der Waals surface area contributed by atoms with Crippen molar-refractivity contribution in [1.82, 2.24) is 20.3 Å². The SMILES string of the molecule is CC(C)(C)OC(=O)ON1CC(C(=O)N2C[C@H](S(=O)(=O)c3ccc(OCC(F)(F)F)cc3Cl)C[C@H]2C(=O)NC2(C#N)CC2)(c2ccc(Br)cn2)C1. The molecular weight excluding hydrogens is 775 g/mol. The van der Waals surface area contributed by atoms with E-state index in [2.05, 4.69) is 31.0 Å². The number of nitrogens with one attached hydrogen (secondary N) is 1. The number of pyridine rings is 1. The third-order valence-corrected chi connectivity index (χ3v) is 11.4. The van der Waals surface area contributed by atoms with Crippen LogP contribution in [0.5, 0.6) is 5.75 Å². The second-order valence-corrected chi connectivity index (χ2v) is 16.9. The van der Waals surface area contributed by atoms with Crippen molar-refractivity contribution >= 4 is 55.3 Å². The highest BCUT2D eigenvalue weighted by Gasteiger charge is 2.59. The highest BCUT2D eigenvalue weighted by Crippen LogP contribution is 2.41. The Labute approximate surface area is 299 Å². The van der Waals surface area contributed by atoms with Crippen LogP contribution in [0.3, 0.4) is 0 Å². The maximum Gasteiger partial charge on any atom is 0.528 e. The summed E-state index contributed by atoms with van der Waals surface area (Å²) >= 11 is 9.55. The molecule has 50 heavy (non-hydrogen) atoms. The minimum atomic E-state index is -4.64. The van der Waals surface area contributed by atoms with Gasteiger partial charge in [0.1, 0.15) is 28.3 Å². The number of carbonyl (C=O) groups is 3. The van der Waals surface area contributed by atoms with Crippen LogP contribution in [0.4, 0.5) is 18.0 Å². The number of hydrogen-bond donors (Lipinski definition) is 1. The number of benzene rings is 1. The Balaban J connectivity index is 1.45. The predicted molar refractivity (Wildman–Crippen MR) is 172 cm³/mol. The van der Waals surface area contributed by atoms with Gasteiger partial charge in [0.15, 0.2) is 16.4 Å². The summed E-state index contributed by atoms with van der Waals surface area (Å²) in [5, 5.41) is 11.6. The molecule has 0 radical (unpaired) electrons. The quantitative estimate of drug-likeness (QED) is 0.355. The summed E-state index contributed by atoms with van der Waals surface area (Å²) in [4.78, 5) is 51.1. The van der Waals surface area contributed by atoms with E-state index in [9.17, 15) is 41.2 Å². The van der Waals surface area contributed by atoms with Crippen molar-refractivity contribution in [1.29, 1.82) is 5.26 Å². The van der Waals surface area contributed by atoms with Gasteiger partial charge >= 0.3 is 12.3 Å². The smallest absolute Gasteiger partial charge is 0.484 e. The number of nitrogens with zero attached hydrogens (tertiary/aromatic N) is 4. The van der Waals surface area contributed by atoms with Crippen LogP contribution in [0.25, 0.3) is 0 Å². The van der Waals surface area contributed by atoms with Crippen LogP contribution in [0.15, 0.2) is 45.9 Å². The zero-order valence-corrected chi connectivity index (χ0v) is 30.1. The average molecular weight is 807 g/mol. The van der Waals surface area contributed by atoms with Crippen molar-refractivity contribution in [3.8, 4) is 11.8 Å². The van der Waals surface area contributed by atoms with Gasteiger partial charge in [-0.3, -0.25) is 14.6 Å². The molecule has 1 aliphatic carbocycles. The Morgan fingerprint density at radius 2 is 1.84 bits per heavy atom. The van der Waals surface area contributed by atoms with Gasteiger partial charge in [-0.15, -0.1) is 5.06 Å². The molecule has 270 valence electrons. The zero-order valence-electron chi connectivity index (χ0n) is 26.9. The Bertz CT molecular complexity index is 1820. The largest absolute Gasteiger partial charge is 0.528 e. The van der Waals surface area contributed by atoms with Gasteiger partial charge < -0.3 is 24.5 Å². The molecule has 2 aliphatic heterocycles. The van der Waals surface area contributed by atoms with Gasteiger partial charge in [-0.05, 0) is 80.2 Å². The van der Waals surface area contributed by atoms with Gasteiger partial charge in [0.2, 0.25) is 11.8 Å². The summed E-state index contributed by atoms with van der Waals surface area (Å²) in [7, 11) is -4.41. The summed E-state index contributed by atoms with van der Waals surface area (Å²) in [5.41, 5.74) is -3.24. The van der Waals surface area contributed by atoms with Crippen molar-refractivity contribution < 1.29 is 50.3 Å². The Hall–Kier alpha value is -3.66. The molecule has 1 aromatic carbocycles. The van der Waals surface area contributed by atoms with Gasteiger partial charge in [0.25, 0.3) is 0 Å². The minimum absolute atomic E-state index is 0.213. The maximum absolute atomic E-state index is 14.6. The first kappa shape index (κ1) is 37.6. The highest BCUT2D eigenvalue weighted by molar-refractivity contribution is 9.10. The van der Waals surface area contributed by atoms with Crippen LogP contribution in [-0.2, 0) is 34.4 Å². The molecule has 2 amide bonds. The van der Waals surface area contributed by atoms with E-state index in [0.29, 0.717) is 17.3 Å². The number of aromatic nitrogens is 1.